The van der Waals surface area contributed by atoms with Crippen LogP contribution in [0.4, 0.5) is 5.69 Å². The third kappa shape index (κ3) is 6.97. The number of ether oxygens (including phenoxy) is 2. The number of nitrogens with zero attached hydrogens (tertiary/aromatic N) is 1. The van der Waals surface area contributed by atoms with Crippen molar-refractivity contribution in [3.8, 4) is 11.5 Å². The molecule has 0 heterocycles. The number of nitrogens with one attached hydrogen (secondary N) is 1. The molecule has 0 aromatic heterocycles. The first-order valence-corrected chi connectivity index (χ1v) is 11.1. The summed E-state index contributed by atoms with van der Waals surface area (Å²) in [5.74, 6) is 1.20. The average Bonchev–Trinajstić information content (AvgIpc) is 2.78. The predicted molar refractivity (Wildman–Crippen MR) is 123 cm³/mol. The van der Waals surface area contributed by atoms with E-state index in [1.807, 2.05) is 13.0 Å². The fourth-order valence-electron chi connectivity index (χ4n) is 3.57. The minimum absolute atomic E-state index is 0.0541. The van der Waals surface area contributed by atoms with Crippen LogP contribution in [-0.2, 0) is 13.2 Å². The minimum Gasteiger partial charge on any atom is -0.490 e. The second-order valence-electron chi connectivity index (χ2n) is 7.57. The van der Waals surface area contributed by atoms with E-state index in [-0.39, 0.29) is 12.3 Å². The lowest BCUT2D eigenvalue weighted by Gasteiger charge is -2.16. The Bertz CT molecular complexity index is 913. The van der Waals surface area contributed by atoms with Gasteiger partial charge in [-0.05, 0) is 74.9 Å². The zero-order valence-corrected chi connectivity index (χ0v) is 18.6. The Morgan fingerprint density at radius 1 is 1.13 bits per heavy atom. The fraction of sp³-hybridized carbons (Fsp3) is 0.417. The van der Waals surface area contributed by atoms with E-state index < -0.39 is 4.92 Å². The molecule has 0 fully saturated rings. The predicted octanol–water partition coefficient (Wildman–Crippen LogP) is 6.21. The van der Waals surface area contributed by atoms with Crippen LogP contribution in [0.1, 0.15) is 50.2 Å². The molecular formula is C24H29ClN2O4. The molecule has 0 bridgehead atoms. The molecule has 0 saturated carbocycles. The zero-order valence-electron chi connectivity index (χ0n) is 17.9. The highest BCUT2D eigenvalue weighted by atomic mass is 35.5. The summed E-state index contributed by atoms with van der Waals surface area (Å²) in [6, 6.07) is 9.99. The van der Waals surface area contributed by atoms with Crippen LogP contribution in [-0.4, -0.2) is 18.1 Å². The Hall–Kier alpha value is -2.57. The highest BCUT2D eigenvalue weighted by Crippen LogP contribution is 2.34. The van der Waals surface area contributed by atoms with Crippen LogP contribution in [0.5, 0.6) is 11.5 Å². The molecule has 0 amide bonds. The van der Waals surface area contributed by atoms with Crippen molar-refractivity contribution >= 4 is 17.3 Å². The van der Waals surface area contributed by atoms with Gasteiger partial charge < -0.3 is 14.8 Å². The van der Waals surface area contributed by atoms with E-state index in [0.717, 1.165) is 24.1 Å². The molecule has 2 aromatic carbocycles. The summed E-state index contributed by atoms with van der Waals surface area (Å²) in [5.41, 5.74) is 3.39. The zero-order chi connectivity index (χ0) is 22.1. The second kappa shape index (κ2) is 11.7. The van der Waals surface area contributed by atoms with Gasteiger partial charge in [0.25, 0.3) is 5.69 Å². The van der Waals surface area contributed by atoms with Crippen molar-refractivity contribution in [2.45, 2.75) is 52.2 Å². The van der Waals surface area contributed by atoms with Gasteiger partial charge in [-0.25, -0.2) is 0 Å². The van der Waals surface area contributed by atoms with Gasteiger partial charge in [-0.3, -0.25) is 10.1 Å². The van der Waals surface area contributed by atoms with Crippen molar-refractivity contribution in [1.29, 1.82) is 0 Å². The van der Waals surface area contributed by atoms with Crippen LogP contribution in [0.3, 0.4) is 0 Å². The molecule has 31 heavy (non-hydrogen) atoms. The quantitative estimate of drug-likeness (QED) is 0.193. The highest BCUT2D eigenvalue weighted by Gasteiger charge is 2.12. The molecule has 3 rings (SSSR count). The third-order valence-corrected chi connectivity index (χ3v) is 5.63. The fourth-order valence-corrected chi connectivity index (χ4v) is 3.79. The largest absolute Gasteiger partial charge is 0.490 e. The van der Waals surface area contributed by atoms with Gasteiger partial charge in [-0.1, -0.05) is 23.3 Å². The van der Waals surface area contributed by atoms with Gasteiger partial charge in [0.1, 0.15) is 6.61 Å². The van der Waals surface area contributed by atoms with E-state index in [4.69, 9.17) is 21.1 Å². The van der Waals surface area contributed by atoms with Crippen molar-refractivity contribution in [2.24, 2.45) is 0 Å². The number of hydrogen-bond acceptors (Lipinski definition) is 5. The maximum absolute atomic E-state index is 10.8. The van der Waals surface area contributed by atoms with Crippen LogP contribution >= 0.6 is 11.6 Å². The molecule has 0 saturated heterocycles. The van der Waals surface area contributed by atoms with Crippen molar-refractivity contribution in [2.75, 3.05) is 13.2 Å². The molecule has 0 unspecified atom stereocenters. The average molecular weight is 445 g/mol. The minimum atomic E-state index is -0.420. The third-order valence-electron chi connectivity index (χ3n) is 5.28. The summed E-state index contributed by atoms with van der Waals surface area (Å²) in [4.78, 5) is 10.4. The maximum Gasteiger partial charge on any atom is 0.269 e. The normalized spacial score (nSPS) is 13.5. The molecule has 6 nitrogen and oxygen atoms in total. The Morgan fingerprint density at radius 3 is 2.58 bits per heavy atom. The van der Waals surface area contributed by atoms with Gasteiger partial charge in [-0.2, -0.15) is 0 Å². The lowest BCUT2D eigenvalue weighted by Crippen LogP contribution is -2.16. The monoisotopic (exact) mass is 444 g/mol. The first-order valence-electron chi connectivity index (χ1n) is 10.8. The molecule has 1 aliphatic rings. The van der Waals surface area contributed by atoms with Crippen molar-refractivity contribution in [3.05, 3.63) is 74.3 Å². The number of non-ortho nitro benzene ring substituents is 1. The van der Waals surface area contributed by atoms with E-state index >= 15 is 0 Å². The second-order valence-corrected chi connectivity index (χ2v) is 7.98. The number of benzene rings is 2. The van der Waals surface area contributed by atoms with E-state index in [1.165, 1.54) is 37.8 Å². The number of allylic oxidation sites excluding steroid dienone is 1. The van der Waals surface area contributed by atoms with Gasteiger partial charge in [0, 0.05) is 29.8 Å². The van der Waals surface area contributed by atoms with Crippen LogP contribution in [0, 0.1) is 10.1 Å². The van der Waals surface area contributed by atoms with Crippen molar-refractivity contribution in [3.63, 3.8) is 0 Å². The molecule has 1 N–H and O–H groups in total. The number of hydrogen-bond donors (Lipinski definition) is 1. The van der Waals surface area contributed by atoms with E-state index in [1.54, 1.807) is 23.8 Å². The molecule has 0 spiro atoms. The number of nitro benzene ring substituents is 1. The smallest absolute Gasteiger partial charge is 0.269 e. The van der Waals surface area contributed by atoms with Crippen LogP contribution < -0.4 is 14.8 Å². The van der Waals surface area contributed by atoms with Gasteiger partial charge in [-0.15, -0.1) is 0 Å². The van der Waals surface area contributed by atoms with Gasteiger partial charge in [0.15, 0.2) is 11.5 Å². The van der Waals surface area contributed by atoms with E-state index in [9.17, 15) is 10.1 Å². The molecular weight excluding hydrogens is 416 g/mol. The van der Waals surface area contributed by atoms with E-state index in [2.05, 4.69) is 11.4 Å². The summed E-state index contributed by atoms with van der Waals surface area (Å²) >= 11 is 6.50. The van der Waals surface area contributed by atoms with Gasteiger partial charge in [0.2, 0.25) is 0 Å². The first kappa shape index (κ1) is 23.1. The SMILES string of the molecule is CCOc1cc(CNCCC2=CCCCC2)c(Cl)cc1OCc1ccc([N+](=O)[O-])cc1. The lowest BCUT2D eigenvalue weighted by atomic mass is 9.97. The molecule has 7 heteroatoms. The molecule has 0 radical (unpaired) electrons. The van der Waals surface area contributed by atoms with Gasteiger partial charge >= 0.3 is 0 Å². The molecule has 166 valence electrons. The first-order chi connectivity index (χ1) is 15.1. The van der Waals surface area contributed by atoms with E-state index in [0.29, 0.717) is 29.7 Å². The maximum atomic E-state index is 10.8. The highest BCUT2D eigenvalue weighted by molar-refractivity contribution is 6.31. The topological polar surface area (TPSA) is 73.6 Å². The summed E-state index contributed by atoms with van der Waals surface area (Å²) in [6.07, 6.45) is 8.49. The summed E-state index contributed by atoms with van der Waals surface area (Å²) < 4.78 is 11.7. The standard InChI is InChI=1S/C24H29ClN2O4/c1-2-30-23-14-20(16-26-13-12-18-6-4-3-5-7-18)22(25)15-24(23)31-17-19-8-10-21(11-9-19)27(28)29/h6,8-11,14-15,26H,2-5,7,12-13,16-17H2,1H3. The van der Waals surface area contributed by atoms with Crippen molar-refractivity contribution in [1.82, 2.24) is 5.32 Å². The molecule has 0 atom stereocenters. The number of rotatable bonds is 11. The number of halogens is 1. The Balaban J connectivity index is 1.59. The molecule has 2 aromatic rings. The van der Waals surface area contributed by atoms with Crippen LogP contribution in [0.25, 0.3) is 0 Å². The lowest BCUT2D eigenvalue weighted by molar-refractivity contribution is -0.384. The molecule has 0 aliphatic heterocycles. The van der Waals surface area contributed by atoms with Crippen molar-refractivity contribution < 1.29 is 14.4 Å². The summed E-state index contributed by atoms with van der Waals surface area (Å²) in [5, 5.41) is 14.9. The van der Waals surface area contributed by atoms with Crippen LogP contribution in [0.2, 0.25) is 5.02 Å². The Morgan fingerprint density at radius 2 is 1.90 bits per heavy atom. The summed E-state index contributed by atoms with van der Waals surface area (Å²) in [7, 11) is 0. The molecule has 1 aliphatic carbocycles. The Labute approximate surface area is 188 Å². The van der Waals surface area contributed by atoms with Crippen LogP contribution in [0.15, 0.2) is 48.0 Å². The number of nitro groups is 1. The van der Waals surface area contributed by atoms with Gasteiger partial charge in [0.05, 0.1) is 11.5 Å². The summed E-state index contributed by atoms with van der Waals surface area (Å²) in [6.45, 7) is 4.28. The Kier molecular flexibility index (Phi) is 8.74.